The fourth-order valence-corrected chi connectivity index (χ4v) is 2.92. The van der Waals surface area contributed by atoms with Crippen molar-refractivity contribution in [2.45, 2.75) is 0 Å². The van der Waals surface area contributed by atoms with Crippen LogP contribution < -0.4 is 10.6 Å². The number of anilines is 1. The van der Waals surface area contributed by atoms with Gasteiger partial charge in [0, 0.05) is 28.5 Å². The minimum absolute atomic E-state index is 0.146. The van der Waals surface area contributed by atoms with E-state index in [2.05, 4.69) is 25.8 Å². The Balaban J connectivity index is 1.62. The number of benzene rings is 1. The van der Waals surface area contributed by atoms with Gasteiger partial charge in [0.25, 0.3) is 5.91 Å². The molecule has 0 saturated heterocycles. The highest BCUT2D eigenvalue weighted by atomic mass is 35.5. The Morgan fingerprint density at radius 1 is 1.08 bits per heavy atom. The van der Waals surface area contributed by atoms with Crippen LogP contribution in [0.3, 0.4) is 0 Å². The largest absolute Gasteiger partial charge is 0.307 e. The van der Waals surface area contributed by atoms with E-state index in [-0.39, 0.29) is 11.0 Å². The second-order valence-electron chi connectivity index (χ2n) is 4.56. The summed E-state index contributed by atoms with van der Waals surface area (Å²) in [7, 11) is 0. The third kappa shape index (κ3) is 4.10. The van der Waals surface area contributed by atoms with E-state index >= 15 is 0 Å². The van der Waals surface area contributed by atoms with Crippen LogP contribution in [-0.2, 0) is 0 Å². The SMILES string of the molecule is O=C(NC(=S)Nc1nnc(-c2ccncc2)s1)c1ccc(Cl)cc1. The molecular weight excluding hydrogens is 366 g/mol. The number of thiocarbonyl (C=S) groups is 1. The molecule has 2 heterocycles. The van der Waals surface area contributed by atoms with E-state index in [9.17, 15) is 4.79 Å². The number of rotatable bonds is 3. The Morgan fingerprint density at radius 3 is 2.50 bits per heavy atom. The van der Waals surface area contributed by atoms with Crippen molar-refractivity contribution in [1.29, 1.82) is 0 Å². The van der Waals surface area contributed by atoms with E-state index in [4.69, 9.17) is 23.8 Å². The molecule has 6 nitrogen and oxygen atoms in total. The van der Waals surface area contributed by atoms with E-state index in [1.54, 1.807) is 36.7 Å². The van der Waals surface area contributed by atoms with Crippen LogP contribution in [-0.4, -0.2) is 26.2 Å². The Bertz CT molecular complexity index is 867. The Kier molecular flexibility index (Phi) is 5.09. The van der Waals surface area contributed by atoms with Crippen LogP contribution in [0, 0.1) is 0 Å². The highest BCUT2D eigenvalue weighted by Gasteiger charge is 2.11. The predicted molar refractivity (Wildman–Crippen MR) is 98.3 cm³/mol. The monoisotopic (exact) mass is 375 g/mol. The lowest BCUT2D eigenvalue weighted by Crippen LogP contribution is -2.34. The average Bonchev–Trinajstić information content (AvgIpc) is 3.04. The first-order valence-electron chi connectivity index (χ1n) is 6.73. The normalized spacial score (nSPS) is 10.2. The van der Waals surface area contributed by atoms with Crippen LogP contribution in [0.5, 0.6) is 0 Å². The van der Waals surface area contributed by atoms with Gasteiger partial charge in [-0.25, -0.2) is 0 Å². The van der Waals surface area contributed by atoms with Gasteiger partial charge in [0.15, 0.2) is 5.11 Å². The maximum atomic E-state index is 12.1. The highest BCUT2D eigenvalue weighted by molar-refractivity contribution is 7.80. The fourth-order valence-electron chi connectivity index (χ4n) is 1.79. The number of carbonyl (C=O) groups excluding carboxylic acids is 1. The molecule has 3 aromatic rings. The number of hydrogen-bond donors (Lipinski definition) is 2. The number of nitrogens with one attached hydrogen (secondary N) is 2. The molecule has 2 aromatic heterocycles. The van der Waals surface area contributed by atoms with Crippen molar-refractivity contribution in [2.24, 2.45) is 0 Å². The summed E-state index contributed by atoms with van der Waals surface area (Å²) in [4.78, 5) is 16.0. The van der Waals surface area contributed by atoms with Crippen LogP contribution in [0.15, 0.2) is 48.8 Å². The smallest absolute Gasteiger partial charge is 0.257 e. The molecule has 0 fully saturated rings. The van der Waals surface area contributed by atoms with E-state index in [0.29, 0.717) is 15.7 Å². The molecule has 0 unspecified atom stereocenters. The summed E-state index contributed by atoms with van der Waals surface area (Å²) in [6.07, 6.45) is 3.36. The predicted octanol–water partition coefficient (Wildman–Crippen LogP) is 3.38. The Morgan fingerprint density at radius 2 is 1.79 bits per heavy atom. The number of halogens is 1. The molecule has 1 aromatic carbocycles. The van der Waals surface area contributed by atoms with Gasteiger partial charge in [0.1, 0.15) is 5.01 Å². The molecule has 0 atom stereocenters. The first kappa shape index (κ1) is 16.4. The zero-order valence-electron chi connectivity index (χ0n) is 12.1. The lowest BCUT2D eigenvalue weighted by Gasteiger charge is -2.06. The topological polar surface area (TPSA) is 79.8 Å². The number of carbonyl (C=O) groups is 1. The van der Waals surface area contributed by atoms with E-state index < -0.39 is 0 Å². The molecule has 0 aliphatic carbocycles. The Labute approximate surface area is 151 Å². The molecular formula is C15H10ClN5OS2. The first-order valence-corrected chi connectivity index (χ1v) is 8.34. The quantitative estimate of drug-likeness (QED) is 0.683. The van der Waals surface area contributed by atoms with E-state index in [0.717, 1.165) is 10.6 Å². The molecule has 120 valence electrons. The molecule has 1 amide bonds. The first-order chi connectivity index (χ1) is 11.6. The minimum atomic E-state index is -0.331. The maximum Gasteiger partial charge on any atom is 0.257 e. The molecule has 3 rings (SSSR count). The van der Waals surface area contributed by atoms with Gasteiger partial charge in [-0.05, 0) is 48.6 Å². The van der Waals surface area contributed by atoms with Crippen molar-refractivity contribution >= 4 is 51.3 Å². The third-order valence-corrected chi connectivity index (χ3v) is 4.25. The van der Waals surface area contributed by atoms with Crippen LogP contribution in [0.4, 0.5) is 5.13 Å². The average molecular weight is 376 g/mol. The summed E-state index contributed by atoms with van der Waals surface area (Å²) >= 11 is 12.2. The van der Waals surface area contributed by atoms with Crippen molar-refractivity contribution in [3.05, 3.63) is 59.4 Å². The van der Waals surface area contributed by atoms with Gasteiger partial charge in [-0.2, -0.15) is 0 Å². The molecule has 0 saturated carbocycles. The summed E-state index contributed by atoms with van der Waals surface area (Å²) in [5.74, 6) is -0.331. The van der Waals surface area contributed by atoms with Gasteiger partial charge in [-0.1, -0.05) is 22.9 Å². The van der Waals surface area contributed by atoms with Crippen molar-refractivity contribution in [3.63, 3.8) is 0 Å². The maximum absolute atomic E-state index is 12.1. The third-order valence-electron chi connectivity index (χ3n) is 2.91. The lowest BCUT2D eigenvalue weighted by molar-refractivity contribution is 0.0978. The van der Waals surface area contributed by atoms with E-state index in [1.807, 2.05) is 12.1 Å². The Hall–Kier alpha value is -2.42. The summed E-state index contributed by atoms with van der Waals surface area (Å²) in [5, 5.41) is 15.4. The molecule has 2 N–H and O–H groups in total. The molecule has 24 heavy (non-hydrogen) atoms. The molecule has 9 heteroatoms. The van der Waals surface area contributed by atoms with Crippen molar-refractivity contribution in [2.75, 3.05) is 5.32 Å². The molecule has 0 bridgehead atoms. The number of aromatic nitrogens is 3. The zero-order chi connectivity index (χ0) is 16.9. The molecule has 0 spiro atoms. The van der Waals surface area contributed by atoms with Gasteiger partial charge in [0.05, 0.1) is 0 Å². The van der Waals surface area contributed by atoms with Crippen molar-refractivity contribution in [3.8, 4) is 10.6 Å². The van der Waals surface area contributed by atoms with Gasteiger partial charge < -0.3 is 5.32 Å². The highest BCUT2D eigenvalue weighted by Crippen LogP contribution is 2.25. The van der Waals surface area contributed by atoms with Gasteiger partial charge in [0.2, 0.25) is 5.13 Å². The molecule has 0 aliphatic heterocycles. The number of amides is 1. The van der Waals surface area contributed by atoms with Crippen LogP contribution >= 0.6 is 35.2 Å². The van der Waals surface area contributed by atoms with Crippen molar-refractivity contribution < 1.29 is 4.79 Å². The minimum Gasteiger partial charge on any atom is -0.307 e. The second kappa shape index (κ2) is 7.43. The molecule has 0 aliphatic rings. The van der Waals surface area contributed by atoms with Crippen LogP contribution in [0.2, 0.25) is 5.02 Å². The summed E-state index contributed by atoms with van der Waals surface area (Å²) in [6.45, 7) is 0. The zero-order valence-corrected chi connectivity index (χ0v) is 14.5. The second-order valence-corrected chi connectivity index (χ2v) is 6.39. The van der Waals surface area contributed by atoms with Crippen LogP contribution in [0.1, 0.15) is 10.4 Å². The van der Waals surface area contributed by atoms with Gasteiger partial charge in [-0.15, -0.1) is 10.2 Å². The van der Waals surface area contributed by atoms with Crippen LogP contribution in [0.25, 0.3) is 10.6 Å². The van der Waals surface area contributed by atoms with E-state index in [1.165, 1.54) is 11.3 Å². The number of nitrogens with zero attached hydrogens (tertiary/aromatic N) is 3. The summed E-state index contributed by atoms with van der Waals surface area (Å²) in [5.41, 5.74) is 1.37. The standard InChI is InChI=1S/C15H10ClN5OS2/c16-11-3-1-9(2-4-11)12(22)18-14(23)19-15-21-20-13(24-15)10-5-7-17-8-6-10/h1-8H,(H2,18,19,21,22,23). The van der Waals surface area contributed by atoms with Crippen molar-refractivity contribution in [1.82, 2.24) is 20.5 Å². The number of hydrogen-bond acceptors (Lipinski definition) is 6. The molecule has 0 radical (unpaired) electrons. The number of pyridine rings is 1. The summed E-state index contributed by atoms with van der Waals surface area (Å²) < 4.78 is 0. The van der Waals surface area contributed by atoms with Gasteiger partial charge in [-0.3, -0.25) is 15.1 Å². The van der Waals surface area contributed by atoms with Gasteiger partial charge >= 0.3 is 0 Å². The lowest BCUT2D eigenvalue weighted by atomic mass is 10.2. The fraction of sp³-hybridized carbons (Fsp3) is 0. The summed E-state index contributed by atoms with van der Waals surface area (Å²) in [6, 6.07) is 10.2.